The lowest BCUT2D eigenvalue weighted by molar-refractivity contribution is -0.154. The number of alkyl halides is 1. The molecule has 1 amide bonds. The number of amides is 1. The van der Waals surface area contributed by atoms with Gasteiger partial charge in [0.2, 0.25) is 0 Å². The zero-order chi connectivity index (χ0) is 18.2. The van der Waals surface area contributed by atoms with E-state index >= 15 is 0 Å². The van der Waals surface area contributed by atoms with Crippen molar-refractivity contribution in [3.8, 4) is 0 Å². The van der Waals surface area contributed by atoms with Crippen LogP contribution in [-0.4, -0.2) is 29.4 Å². The summed E-state index contributed by atoms with van der Waals surface area (Å²) in [5.41, 5.74) is 0.114. The van der Waals surface area contributed by atoms with Crippen LogP contribution < -0.4 is 5.32 Å². The highest BCUT2D eigenvalue weighted by atomic mass is 79.9. The average molecular weight is 426 g/mol. The Kier molecular flexibility index (Phi) is 5.37. The molecule has 5 aliphatic rings. The minimum absolute atomic E-state index is 0.114. The number of esters is 1. The summed E-state index contributed by atoms with van der Waals surface area (Å²) in [6, 6.07) is 0. The van der Waals surface area contributed by atoms with E-state index in [2.05, 4.69) is 21.2 Å². The molecule has 0 radical (unpaired) electrons. The van der Waals surface area contributed by atoms with Crippen molar-refractivity contribution in [1.82, 2.24) is 5.32 Å². The van der Waals surface area contributed by atoms with Crippen molar-refractivity contribution in [2.45, 2.75) is 81.4 Å². The number of ether oxygens (including phenoxy) is 1. The van der Waals surface area contributed by atoms with Gasteiger partial charge in [-0.3, -0.25) is 9.59 Å². The first-order valence-electron chi connectivity index (χ1n) is 10.5. The van der Waals surface area contributed by atoms with Crippen LogP contribution in [0.4, 0.5) is 0 Å². The summed E-state index contributed by atoms with van der Waals surface area (Å²) in [6.07, 6.45) is 14.1. The van der Waals surface area contributed by atoms with Crippen molar-refractivity contribution in [1.29, 1.82) is 0 Å². The SMILES string of the molecule is O=C(COC(=O)CC12C[C@@H]3C[C@@H](CC(Br)(C3)C1)C2)NCC1CCCCC1. The largest absolute Gasteiger partial charge is 0.456 e. The average Bonchev–Trinajstić information content (AvgIpc) is 2.56. The highest BCUT2D eigenvalue weighted by Gasteiger charge is 2.57. The van der Waals surface area contributed by atoms with Gasteiger partial charge in [-0.05, 0) is 74.5 Å². The maximum absolute atomic E-state index is 12.4. The summed E-state index contributed by atoms with van der Waals surface area (Å²) in [4.78, 5) is 24.4. The lowest BCUT2D eigenvalue weighted by Gasteiger charge is -2.60. The molecular weight excluding hydrogens is 394 g/mol. The van der Waals surface area contributed by atoms with Crippen molar-refractivity contribution in [2.24, 2.45) is 23.2 Å². The van der Waals surface area contributed by atoms with Crippen LogP contribution in [-0.2, 0) is 14.3 Å². The molecule has 5 rings (SSSR count). The highest BCUT2D eigenvalue weighted by molar-refractivity contribution is 9.10. The van der Waals surface area contributed by atoms with Crippen LogP contribution in [0.1, 0.15) is 77.0 Å². The van der Waals surface area contributed by atoms with Crippen molar-refractivity contribution < 1.29 is 14.3 Å². The van der Waals surface area contributed by atoms with E-state index < -0.39 is 0 Å². The highest BCUT2D eigenvalue weighted by Crippen LogP contribution is 2.65. The third kappa shape index (κ3) is 4.28. The summed E-state index contributed by atoms with van der Waals surface area (Å²) in [5, 5.41) is 2.95. The van der Waals surface area contributed by atoms with Gasteiger partial charge in [0.1, 0.15) is 0 Å². The second kappa shape index (κ2) is 7.44. The molecule has 0 saturated heterocycles. The third-order valence-corrected chi connectivity index (χ3v) is 8.23. The van der Waals surface area contributed by atoms with Crippen LogP contribution in [0.15, 0.2) is 0 Å². The Bertz CT molecular complexity index is 543. The number of hydrogen-bond acceptors (Lipinski definition) is 3. The van der Waals surface area contributed by atoms with Gasteiger partial charge in [-0.25, -0.2) is 0 Å². The second-order valence-electron chi connectivity index (χ2n) is 9.76. The van der Waals surface area contributed by atoms with Crippen LogP contribution in [0.3, 0.4) is 0 Å². The van der Waals surface area contributed by atoms with Gasteiger partial charge in [0.25, 0.3) is 5.91 Å². The minimum atomic E-state index is -0.184. The van der Waals surface area contributed by atoms with Crippen molar-refractivity contribution >= 4 is 27.8 Å². The summed E-state index contributed by atoms with van der Waals surface area (Å²) in [5.74, 6) is 1.80. The van der Waals surface area contributed by atoms with Crippen molar-refractivity contribution in [3.05, 3.63) is 0 Å². The van der Waals surface area contributed by atoms with Crippen LogP contribution in [0.5, 0.6) is 0 Å². The maximum atomic E-state index is 12.4. The molecule has 4 nitrogen and oxygen atoms in total. The fraction of sp³-hybridized carbons (Fsp3) is 0.905. The monoisotopic (exact) mass is 425 g/mol. The third-order valence-electron chi connectivity index (χ3n) is 7.31. The van der Waals surface area contributed by atoms with E-state index in [0.29, 0.717) is 12.3 Å². The molecule has 1 N–H and O–H groups in total. The van der Waals surface area contributed by atoms with Gasteiger partial charge < -0.3 is 10.1 Å². The first kappa shape index (κ1) is 18.8. The normalized spacial score (nSPS) is 39.0. The molecule has 5 saturated carbocycles. The Labute approximate surface area is 165 Å². The first-order chi connectivity index (χ1) is 12.4. The van der Waals surface area contributed by atoms with Crippen LogP contribution in [0, 0.1) is 23.2 Å². The summed E-state index contributed by atoms with van der Waals surface area (Å²) >= 11 is 3.99. The molecule has 0 heterocycles. The lowest BCUT2D eigenvalue weighted by Crippen LogP contribution is -2.53. The Hall–Kier alpha value is -0.580. The Morgan fingerprint density at radius 1 is 1.04 bits per heavy atom. The van der Waals surface area contributed by atoms with E-state index in [-0.39, 0.29) is 28.2 Å². The molecule has 0 spiro atoms. The van der Waals surface area contributed by atoms with Crippen LogP contribution in [0.2, 0.25) is 0 Å². The van der Waals surface area contributed by atoms with Gasteiger partial charge in [-0.15, -0.1) is 0 Å². The Balaban J connectivity index is 1.21. The molecule has 0 aliphatic heterocycles. The zero-order valence-electron chi connectivity index (χ0n) is 15.7. The van der Waals surface area contributed by atoms with Gasteiger partial charge in [0.05, 0.1) is 6.42 Å². The lowest BCUT2D eigenvalue weighted by atomic mass is 9.49. The summed E-state index contributed by atoms with van der Waals surface area (Å²) in [7, 11) is 0. The van der Waals surface area contributed by atoms with Crippen LogP contribution >= 0.6 is 15.9 Å². The molecular formula is C21H32BrNO3. The Morgan fingerprint density at radius 2 is 1.73 bits per heavy atom. The molecule has 0 aromatic heterocycles. The molecule has 26 heavy (non-hydrogen) atoms. The number of hydrogen-bond donors (Lipinski definition) is 1. The van der Waals surface area contributed by atoms with Gasteiger partial charge in [0, 0.05) is 10.9 Å². The van der Waals surface area contributed by atoms with Gasteiger partial charge in [0.15, 0.2) is 6.61 Å². The first-order valence-corrected chi connectivity index (χ1v) is 11.3. The van der Waals surface area contributed by atoms with E-state index in [0.717, 1.165) is 24.8 Å². The molecule has 4 bridgehead atoms. The number of carbonyl (C=O) groups is 2. The predicted octanol–water partition coefficient (Wildman–Crippen LogP) is 4.35. The van der Waals surface area contributed by atoms with Gasteiger partial charge in [-0.1, -0.05) is 35.2 Å². The smallest absolute Gasteiger partial charge is 0.306 e. The quantitative estimate of drug-likeness (QED) is 0.508. The molecule has 5 fully saturated rings. The van der Waals surface area contributed by atoms with E-state index in [1.807, 2.05) is 0 Å². The molecule has 5 aliphatic carbocycles. The molecule has 0 aromatic carbocycles. The zero-order valence-corrected chi connectivity index (χ0v) is 17.3. The fourth-order valence-corrected chi connectivity index (χ4v) is 8.26. The molecule has 2 unspecified atom stereocenters. The second-order valence-corrected chi connectivity index (χ2v) is 11.4. The van der Waals surface area contributed by atoms with Gasteiger partial charge in [-0.2, -0.15) is 0 Å². The molecule has 146 valence electrons. The van der Waals surface area contributed by atoms with Gasteiger partial charge >= 0.3 is 5.97 Å². The van der Waals surface area contributed by atoms with E-state index in [9.17, 15) is 9.59 Å². The maximum Gasteiger partial charge on any atom is 0.306 e. The van der Waals surface area contributed by atoms with Crippen molar-refractivity contribution in [2.75, 3.05) is 13.2 Å². The number of rotatable bonds is 6. The molecule has 4 atom stereocenters. The van der Waals surface area contributed by atoms with Crippen molar-refractivity contribution in [3.63, 3.8) is 0 Å². The fourth-order valence-electron chi connectivity index (χ4n) is 6.75. The molecule has 5 heteroatoms. The minimum Gasteiger partial charge on any atom is -0.456 e. The van der Waals surface area contributed by atoms with E-state index in [1.165, 1.54) is 64.2 Å². The number of halogens is 1. The predicted molar refractivity (Wildman–Crippen MR) is 104 cm³/mol. The summed E-state index contributed by atoms with van der Waals surface area (Å²) in [6.45, 7) is 0.615. The standard InChI is InChI=1S/C21H32BrNO3/c22-21-9-16-6-17(10-21)8-20(7-16,14-21)11-19(25)26-13-18(24)23-12-15-4-2-1-3-5-15/h15-17H,1-14H2,(H,23,24)/t16-,17+,20?,21?. The molecule has 0 aromatic rings. The number of nitrogens with one attached hydrogen (secondary N) is 1. The Morgan fingerprint density at radius 3 is 2.38 bits per heavy atom. The van der Waals surface area contributed by atoms with Crippen LogP contribution in [0.25, 0.3) is 0 Å². The topological polar surface area (TPSA) is 55.4 Å². The summed E-state index contributed by atoms with van der Waals surface area (Å²) < 4.78 is 5.61. The van der Waals surface area contributed by atoms with E-state index in [4.69, 9.17) is 4.74 Å². The number of carbonyl (C=O) groups excluding carboxylic acids is 2. The van der Waals surface area contributed by atoms with E-state index in [1.54, 1.807) is 0 Å².